The van der Waals surface area contributed by atoms with Crippen molar-refractivity contribution in [2.45, 2.75) is 49.4 Å². The minimum absolute atomic E-state index is 0.0770. The lowest BCUT2D eigenvalue weighted by atomic mass is 9.94. The summed E-state index contributed by atoms with van der Waals surface area (Å²) in [6.07, 6.45) is 7.19. The van der Waals surface area contributed by atoms with E-state index < -0.39 is 0 Å². The molecule has 0 bridgehead atoms. The van der Waals surface area contributed by atoms with Gasteiger partial charge in [-0.15, -0.1) is 0 Å². The van der Waals surface area contributed by atoms with Gasteiger partial charge in [0, 0.05) is 23.8 Å². The van der Waals surface area contributed by atoms with Gasteiger partial charge in [-0.2, -0.15) is 11.8 Å². The standard InChI is InChI=1S/C16H24N2OS/c1-20-14-9-5-8-13(10-14)18-16(19)11-15(17)12-6-3-2-4-7-12/h2-4,6-7,13-15H,5,8-11,17H2,1H3,(H,18,19). The molecule has 0 aliphatic heterocycles. The Morgan fingerprint density at radius 2 is 2.15 bits per heavy atom. The SMILES string of the molecule is CSC1CCCC(NC(=O)CC(N)c2ccccc2)C1. The molecule has 3 N–H and O–H groups in total. The first kappa shape index (κ1) is 15.4. The van der Waals surface area contributed by atoms with Gasteiger partial charge in [-0.3, -0.25) is 4.79 Å². The van der Waals surface area contributed by atoms with Crippen LogP contribution in [-0.4, -0.2) is 23.5 Å². The number of nitrogens with two attached hydrogens (primary N) is 1. The highest BCUT2D eigenvalue weighted by Gasteiger charge is 2.23. The molecule has 0 heterocycles. The third kappa shape index (κ3) is 4.53. The maximum atomic E-state index is 12.1. The van der Waals surface area contributed by atoms with Crippen LogP contribution >= 0.6 is 11.8 Å². The molecule has 0 saturated heterocycles. The third-order valence-corrected chi connectivity index (χ3v) is 5.05. The lowest BCUT2D eigenvalue weighted by molar-refractivity contribution is -0.122. The second-order valence-electron chi connectivity index (χ2n) is 5.51. The molecule has 1 fully saturated rings. The van der Waals surface area contributed by atoms with E-state index >= 15 is 0 Å². The molecule has 1 saturated carbocycles. The molecule has 3 atom stereocenters. The zero-order valence-electron chi connectivity index (χ0n) is 12.0. The number of hydrogen-bond acceptors (Lipinski definition) is 3. The van der Waals surface area contributed by atoms with Crippen molar-refractivity contribution < 1.29 is 4.79 Å². The first-order chi connectivity index (χ1) is 9.69. The van der Waals surface area contributed by atoms with E-state index in [2.05, 4.69) is 11.6 Å². The van der Waals surface area contributed by atoms with Crippen LogP contribution in [0.15, 0.2) is 30.3 Å². The minimum atomic E-state index is -0.212. The van der Waals surface area contributed by atoms with Gasteiger partial charge in [0.05, 0.1) is 0 Å². The lowest BCUT2D eigenvalue weighted by Gasteiger charge is -2.29. The summed E-state index contributed by atoms with van der Waals surface area (Å²) in [6.45, 7) is 0. The predicted molar refractivity (Wildman–Crippen MR) is 85.7 cm³/mol. The van der Waals surface area contributed by atoms with Gasteiger partial charge in [0.2, 0.25) is 5.91 Å². The normalized spacial score (nSPS) is 24.1. The van der Waals surface area contributed by atoms with Gasteiger partial charge >= 0.3 is 0 Å². The predicted octanol–water partition coefficient (Wildman–Crippen LogP) is 2.87. The number of carbonyl (C=O) groups is 1. The van der Waals surface area contributed by atoms with Gasteiger partial charge in [-0.25, -0.2) is 0 Å². The van der Waals surface area contributed by atoms with E-state index in [-0.39, 0.29) is 11.9 Å². The summed E-state index contributed by atoms with van der Waals surface area (Å²) in [4.78, 5) is 12.1. The Kier molecular flexibility index (Phi) is 5.92. The Morgan fingerprint density at radius 1 is 1.40 bits per heavy atom. The largest absolute Gasteiger partial charge is 0.353 e. The van der Waals surface area contributed by atoms with E-state index in [1.54, 1.807) is 0 Å². The highest BCUT2D eigenvalue weighted by atomic mass is 32.2. The highest BCUT2D eigenvalue weighted by Crippen LogP contribution is 2.27. The fourth-order valence-electron chi connectivity index (χ4n) is 2.79. The second kappa shape index (κ2) is 7.70. The van der Waals surface area contributed by atoms with E-state index in [0.29, 0.717) is 17.7 Å². The number of carbonyl (C=O) groups excluding carboxylic acids is 1. The summed E-state index contributed by atoms with van der Waals surface area (Å²) >= 11 is 1.91. The molecule has 1 aromatic carbocycles. The van der Waals surface area contributed by atoms with Crippen LogP contribution in [0.25, 0.3) is 0 Å². The van der Waals surface area contributed by atoms with Crippen molar-refractivity contribution in [2.24, 2.45) is 5.73 Å². The second-order valence-corrected chi connectivity index (χ2v) is 6.65. The maximum Gasteiger partial charge on any atom is 0.222 e. The smallest absolute Gasteiger partial charge is 0.222 e. The van der Waals surface area contributed by atoms with Crippen molar-refractivity contribution in [3.8, 4) is 0 Å². The fourth-order valence-corrected chi connectivity index (χ4v) is 3.62. The third-order valence-electron chi connectivity index (χ3n) is 3.96. The molecule has 110 valence electrons. The van der Waals surface area contributed by atoms with E-state index in [1.807, 2.05) is 42.1 Å². The molecule has 0 spiro atoms. The van der Waals surface area contributed by atoms with Crippen molar-refractivity contribution in [1.82, 2.24) is 5.32 Å². The van der Waals surface area contributed by atoms with Crippen LogP contribution < -0.4 is 11.1 Å². The van der Waals surface area contributed by atoms with Crippen LogP contribution in [0.1, 0.15) is 43.7 Å². The molecular formula is C16H24N2OS. The average Bonchev–Trinajstić information content (AvgIpc) is 2.48. The summed E-state index contributed by atoms with van der Waals surface area (Å²) < 4.78 is 0. The zero-order valence-corrected chi connectivity index (χ0v) is 12.9. The van der Waals surface area contributed by atoms with Gasteiger partial charge in [0.15, 0.2) is 0 Å². The molecule has 4 heteroatoms. The van der Waals surface area contributed by atoms with Crippen molar-refractivity contribution in [3.63, 3.8) is 0 Å². The van der Waals surface area contributed by atoms with Crippen molar-refractivity contribution in [3.05, 3.63) is 35.9 Å². The van der Waals surface area contributed by atoms with Gasteiger partial charge < -0.3 is 11.1 Å². The monoisotopic (exact) mass is 292 g/mol. The van der Waals surface area contributed by atoms with Gasteiger partial charge in [-0.05, 0) is 31.1 Å². The van der Waals surface area contributed by atoms with Crippen LogP contribution in [0.5, 0.6) is 0 Å². The number of hydrogen-bond donors (Lipinski definition) is 2. The number of rotatable bonds is 5. The van der Waals surface area contributed by atoms with E-state index in [4.69, 9.17) is 5.73 Å². The molecule has 1 aliphatic rings. The molecule has 3 nitrogen and oxygen atoms in total. The van der Waals surface area contributed by atoms with Crippen molar-refractivity contribution in [2.75, 3.05) is 6.26 Å². The van der Waals surface area contributed by atoms with E-state index in [0.717, 1.165) is 18.4 Å². The number of thioether (sulfide) groups is 1. The Labute approximate surface area is 125 Å². The molecule has 3 unspecified atom stereocenters. The van der Waals surface area contributed by atoms with E-state index in [1.165, 1.54) is 12.8 Å². The number of amides is 1. The Balaban J connectivity index is 1.80. The Bertz CT molecular complexity index is 424. The summed E-state index contributed by atoms with van der Waals surface area (Å²) in [6, 6.07) is 9.94. The van der Waals surface area contributed by atoms with Crippen LogP contribution in [0.4, 0.5) is 0 Å². The quantitative estimate of drug-likeness (QED) is 0.877. The lowest BCUT2D eigenvalue weighted by Crippen LogP contribution is -2.40. The van der Waals surface area contributed by atoms with Crippen LogP contribution in [0, 0.1) is 0 Å². The summed E-state index contributed by atoms with van der Waals surface area (Å²) in [5, 5.41) is 3.84. The molecular weight excluding hydrogens is 268 g/mol. The summed E-state index contributed by atoms with van der Waals surface area (Å²) in [7, 11) is 0. The first-order valence-corrected chi connectivity index (χ1v) is 8.60. The molecule has 20 heavy (non-hydrogen) atoms. The van der Waals surface area contributed by atoms with Crippen LogP contribution in [0.2, 0.25) is 0 Å². The van der Waals surface area contributed by atoms with Crippen molar-refractivity contribution >= 4 is 17.7 Å². The Morgan fingerprint density at radius 3 is 2.85 bits per heavy atom. The molecule has 1 aliphatic carbocycles. The molecule has 1 amide bonds. The van der Waals surface area contributed by atoms with Crippen molar-refractivity contribution in [1.29, 1.82) is 0 Å². The molecule has 0 aromatic heterocycles. The van der Waals surface area contributed by atoms with E-state index in [9.17, 15) is 4.79 Å². The average molecular weight is 292 g/mol. The maximum absolute atomic E-state index is 12.1. The molecule has 2 rings (SSSR count). The van der Waals surface area contributed by atoms with Crippen LogP contribution in [0.3, 0.4) is 0 Å². The highest BCUT2D eigenvalue weighted by molar-refractivity contribution is 7.99. The fraction of sp³-hybridized carbons (Fsp3) is 0.562. The van der Waals surface area contributed by atoms with Crippen LogP contribution in [-0.2, 0) is 4.79 Å². The number of nitrogens with one attached hydrogen (secondary N) is 1. The molecule has 1 aromatic rings. The summed E-state index contributed by atoms with van der Waals surface area (Å²) in [5.74, 6) is 0.0770. The number of benzene rings is 1. The van der Waals surface area contributed by atoms with Gasteiger partial charge in [0.25, 0.3) is 0 Å². The Hall–Kier alpha value is -1.00. The topological polar surface area (TPSA) is 55.1 Å². The van der Waals surface area contributed by atoms with Gasteiger partial charge in [-0.1, -0.05) is 36.8 Å². The zero-order chi connectivity index (χ0) is 14.4. The van der Waals surface area contributed by atoms with Gasteiger partial charge in [0.1, 0.15) is 0 Å². The molecule has 0 radical (unpaired) electrons. The first-order valence-electron chi connectivity index (χ1n) is 7.31. The minimum Gasteiger partial charge on any atom is -0.353 e. The summed E-state index contributed by atoms with van der Waals surface area (Å²) in [5.41, 5.74) is 7.11.